The van der Waals surface area contributed by atoms with Crippen LogP contribution in [0.5, 0.6) is 0 Å². The first-order valence-electron chi connectivity index (χ1n) is 5.83. The molecular weight excluding hydrogens is 220 g/mol. The fraction of sp³-hybridized carbons (Fsp3) is 0.700. The van der Waals surface area contributed by atoms with Crippen LogP contribution in [0, 0.1) is 0 Å². The van der Waals surface area contributed by atoms with Crippen LogP contribution in [0.3, 0.4) is 0 Å². The minimum Gasteiger partial charge on any atom is -0.348 e. The molecule has 1 aromatic heterocycles. The number of H-pyrrole nitrogens is 1. The van der Waals surface area contributed by atoms with Crippen molar-refractivity contribution >= 4 is 5.91 Å². The van der Waals surface area contributed by atoms with Gasteiger partial charge in [-0.2, -0.15) is 5.10 Å². The molecule has 7 heteroatoms. The smallest absolute Gasteiger partial charge is 0.234 e. The largest absolute Gasteiger partial charge is 0.348 e. The highest BCUT2D eigenvalue weighted by molar-refractivity contribution is 5.77. The van der Waals surface area contributed by atoms with Gasteiger partial charge >= 0.3 is 0 Å². The van der Waals surface area contributed by atoms with Crippen molar-refractivity contribution in [1.82, 2.24) is 25.4 Å². The molecule has 1 aliphatic heterocycles. The average Bonchev–Trinajstić information content (AvgIpc) is 2.83. The van der Waals surface area contributed by atoms with Crippen LogP contribution < -0.4 is 11.1 Å². The van der Waals surface area contributed by atoms with Gasteiger partial charge in [0.15, 0.2) is 0 Å². The molecule has 7 nitrogen and oxygen atoms in total. The lowest BCUT2D eigenvalue weighted by atomic mass is 10.1. The van der Waals surface area contributed by atoms with Gasteiger partial charge in [0.1, 0.15) is 12.2 Å². The van der Waals surface area contributed by atoms with Gasteiger partial charge in [-0.1, -0.05) is 0 Å². The zero-order valence-electron chi connectivity index (χ0n) is 9.72. The zero-order valence-corrected chi connectivity index (χ0v) is 9.72. The predicted octanol–water partition coefficient (Wildman–Crippen LogP) is -1.16. The van der Waals surface area contributed by atoms with Gasteiger partial charge in [-0.25, -0.2) is 4.98 Å². The third-order valence-electron chi connectivity index (χ3n) is 2.92. The van der Waals surface area contributed by atoms with E-state index in [2.05, 4.69) is 25.4 Å². The molecule has 17 heavy (non-hydrogen) atoms. The molecule has 94 valence electrons. The Hall–Kier alpha value is -1.47. The van der Waals surface area contributed by atoms with Crippen LogP contribution >= 0.6 is 0 Å². The number of hydrogen-bond donors (Lipinski definition) is 3. The molecule has 1 saturated heterocycles. The van der Waals surface area contributed by atoms with E-state index in [0.717, 1.165) is 25.9 Å². The summed E-state index contributed by atoms with van der Waals surface area (Å²) in [6.45, 7) is 2.63. The summed E-state index contributed by atoms with van der Waals surface area (Å²) in [6.07, 6.45) is 3.36. The number of hydrogen-bond acceptors (Lipinski definition) is 5. The number of likely N-dealkylation sites (tertiary alicyclic amines) is 1. The Morgan fingerprint density at radius 3 is 3.00 bits per heavy atom. The quantitative estimate of drug-likeness (QED) is 0.614. The summed E-state index contributed by atoms with van der Waals surface area (Å²) in [6, 6.07) is 0.295. The molecule has 0 aliphatic carbocycles. The highest BCUT2D eigenvalue weighted by atomic mass is 16.2. The van der Waals surface area contributed by atoms with E-state index in [1.54, 1.807) is 0 Å². The second-order valence-corrected chi connectivity index (χ2v) is 4.32. The van der Waals surface area contributed by atoms with E-state index in [-0.39, 0.29) is 5.91 Å². The summed E-state index contributed by atoms with van der Waals surface area (Å²) >= 11 is 0. The molecule has 4 N–H and O–H groups in total. The number of aromatic amines is 1. The molecule has 0 radical (unpaired) electrons. The maximum atomic E-state index is 11.6. The third-order valence-corrected chi connectivity index (χ3v) is 2.92. The van der Waals surface area contributed by atoms with Gasteiger partial charge in [0.25, 0.3) is 0 Å². The Bertz CT molecular complexity index is 344. The first-order valence-corrected chi connectivity index (χ1v) is 5.83. The molecule has 1 fully saturated rings. The number of rotatable bonds is 4. The first-order chi connectivity index (χ1) is 8.24. The molecule has 2 rings (SSSR count). The van der Waals surface area contributed by atoms with E-state index in [1.165, 1.54) is 6.33 Å². The average molecular weight is 238 g/mol. The normalized spacial score (nSPS) is 18.2. The van der Waals surface area contributed by atoms with Crippen molar-refractivity contribution in [3.63, 3.8) is 0 Å². The lowest BCUT2D eigenvalue weighted by Gasteiger charge is -2.29. The standard InChI is InChI=1S/C10H18N6O/c11-8-1-3-16(4-2-8)6-10(17)12-5-9-13-7-14-15-9/h7-8H,1-6,11H2,(H,12,17)(H,13,14,15). The summed E-state index contributed by atoms with van der Waals surface area (Å²) in [5, 5.41) is 9.21. The SMILES string of the molecule is NC1CCN(CC(=O)NCc2ncn[nH]2)CC1. The zero-order chi connectivity index (χ0) is 12.1. The molecule has 0 saturated carbocycles. The minimum atomic E-state index is 0.0110. The highest BCUT2D eigenvalue weighted by Crippen LogP contribution is 2.07. The molecule has 0 unspecified atom stereocenters. The summed E-state index contributed by atoms with van der Waals surface area (Å²) in [4.78, 5) is 17.7. The molecular formula is C10H18N6O. The second kappa shape index (κ2) is 5.74. The van der Waals surface area contributed by atoms with Crippen molar-refractivity contribution in [3.8, 4) is 0 Å². The predicted molar refractivity (Wildman–Crippen MR) is 61.9 cm³/mol. The van der Waals surface area contributed by atoms with Gasteiger partial charge in [0.05, 0.1) is 13.1 Å². The van der Waals surface area contributed by atoms with E-state index in [0.29, 0.717) is 25.0 Å². The van der Waals surface area contributed by atoms with Crippen LogP contribution in [0.2, 0.25) is 0 Å². The van der Waals surface area contributed by atoms with E-state index in [4.69, 9.17) is 5.73 Å². The fourth-order valence-electron chi connectivity index (χ4n) is 1.87. The third kappa shape index (κ3) is 3.79. The number of nitrogens with zero attached hydrogens (tertiary/aromatic N) is 3. The first kappa shape index (κ1) is 12.0. The summed E-state index contributed by atoms with van der Waals surface area (Å²) in [7, 11) is 0. The monoisotopic (exact) mass is 238 g/mol. The van der Waals surface area contributed by atoms with Gasteiger partial charge in [0, 0.05) is 19.1 Å². The van der Waals surface area contributed by atoms with Gasteiger partial charge in [-0.15, -0.1) is 0 Å². The van der Waals surface area contributed by atoms with E-state index in [1.807, 2.05) is 0 Å². The topological polar surface area (TPSA) is 99.9 Å². The van der Waals surface area contributed by atoms with Gasteiger partial charge < -0.3 is 11.1 Å². The van der Waals surface area contributed by atoms with E-state index >= 15 is 0 Å². The van der Waals surface area contributed by atoms with Crippen molar-refractivity contribution in [2.75, 3.05) is 19.6 Å². The molecule has 0 spiro atoms. The molecule has 0 aromatic carbocycles. The lowest BCUT2D eigenvalue weighted by Crippen LogP contribution is -2.44. The van der Waals surface area contributed by atoms with Crippen molar-refractivity contribution < 1.29 is 4.79 Å². The Balaban J connectivity index is 1.67. The Kier molecular flexibility index (Phi) is 4.05. The van der Waals surface area contributed by atoms with Gasteiger partial charge in [0.2, 0.25) is 5.91 Å². The minimum absolute atomic E-state index is 0.0110. The molecule has 1 aromatic rings. The number of aromatic nitrogens is 3. The number of piperidine rings is 1. The summed E-state index contributed by atoms with van der Waals surface area (Å²) in [5.41, 5.74) is 5.80. The fourth-order valence-corrected chi connectivity index (χ4v) is 1.87. The highest BCUT2D eigenvalue weighted by Gasteiger charge is 2.17. The van der Waals surface area contributed by atoms with Crippen LogP contribution in [-0.2, 0) is 11.3 Å². The van der Waals surface area contributed by atoms with E-state index < -0.39 is 0 Å². The Labute approximate surface area is 99.8 Å². The van der Waals surface area contributed by atoms with Gasteiger partial charge in [-0.05, 0) is 12.8 Å². The molecule has 1 aliphatic rings. The second-order valence-electron chi connectivity index (χ2n) is 4.32. The van der Waals surface area contributed by atoms with Crippen LogP contribution in [0.4, 0.5) is 0 Å². The Morgan fingerprint density at radius 1 is 1.59 bits per heavy atom. The Morgan fingerprint density at radius 2 is 2.35 bits per heavy atom. The summed E-state index contributed by atoms with van der Waals surface area (Å²) < 4.78 is 0. The van der Waals surface area contributed by atoms with Crippen LogP contribution in [0.15, 0.2) is 6.33 Å². The van der Waals surface area contributed by atoms with Crippen molar-refractivity contribution in [2.24, 2.45) is 5.73 Å². The molecule has 0 atom stereocenters. The van der Waals surface area contributed by atoms with Crippen LogP contribution in [0.1, 0.15) is 18.7 Å². The van der Waals surface area contributed by atoms with Crippen LogP contribution in [-0.4, -0.2) is 51.7 Å². The van der Waals surface area contributed by atoms with Crippen LogP contribution in [0.25, 0.3) is 0 Å². The molecule has 0 bridgehead atoms. The lowest BCUT2D eigenvalue weighted by molar-refractivity contribution is -0.122. The number of nitrogens with one attached hydrogen (secondary N) is 2. The number of carbonyl (C=O) groups is 1. The van der Waals surface area contributed by atoms with Gasteiger partial charge in [-0.3, -0.25) is 14.8 Å². The number of carbonyl (C=O) groups excluding carboxylic acids is 1. The maximum absolute atomic E-state index is 11.6. The molecule has 1 amide bonds. The molecule has 2 heterocycles. The van der Waals surface area contributed by atoms with Crippen molar-refractivity contribution in [3.05, 3.63) is 12.2 Å². The van der Waals surface area contributed by atoms with Crippen molar-refractivity contribution in [2.45, 2.75) is 25.4 Å². The number of amides is 1. The van der Waals surface area contributed by atoms with E-state index in [9.17, 15) is 4.79 Å². The summed E-state index contributed by atoms with van der Waals surface area (Å²) in [5.74, 6) is 0.677. The maximum Gasteiger partial charge on any atom is 0.234 e. The number of nitrogens with two attached hydrogens (primary N) is 1. The van der Waals surface area contributed by atoms with Crippen molar-refractivity contribution in [1.29, 1.82) is 0 Å².